The molecule has 0 unspecified atom stereocenters. The number of nitrogens with zero attached hydrogens (tertiary/aromatic N) is 4. The highest BCUT2D eigenvalue weighted by molar-refractivity contribution is 7.14. The summed E-state index contributed by atoms with van der Waals surface area (Å²) in [6.07, 6.45) is 4.67. The number of carbonyl (C=O) groups is 1. The van der Waals surface area contributed by atoms with Crippen molar-refractivity contribution in [2.75, 3.05) is 13.7 Å². The van der Waals surface area contributed by atoms with Crippen LogP contribution in [-0.4, -0.2) is 56.5 Å². The van der Waals surface area contributed by atoms with E-state index in [1.807, 2.05) is 13.0 Å². The number of aryl methyl sites for hydroxylation is 1. The molecule has 1 amide bonds. The first-order valence-electron chi connectivity index (χ1n) is 11.2. The van der Waals surface area contributed by atoms with Crippen LogP contribution in [0.15, 0.2) is 29.2 Å². The van der Waals surface area contributed by atoms with Crippen molar-refractivity contribution < 1.29 is 19.0 Å². The zero-order valence-electron chi connectivity index (χ0n) is 19.0. The Morgan fingerprint density at radius 2 is 2.06 bits per heavy atom. The van der Waals surface area contributed by atoms with Crippen molar-refractivity contribution in [3.63, 3.8) is 0 Å². The number of pyridine rings is 1. The van der Waals surface area contributed by atoms with Gasteiger partial charge in [-0.2, -0.15) is 0 Å². The summed E-state index contributed by atoms with van der Waals surface area (Å²) in [7, 11) is 1.59. The molecular formula is C24H25FN4O4S. The summed E-state index contributed by atoms with van der Waals surface area (Å²) >= 11 is 1.16. The molecule has 0 spiro atoms. The quantitative estimate of drug-likeness (QED) is 0.577. The number of amides is 1. The second-order valence-corrected chi connectivity index (χ2v) is 9.96. The largest absolute Gasteiger partial charge is 0.503 e. The van der Waals surface area contributed by atoms with Crippen LogP contribution in [-0.2, 0) is 17.7 Å². The minimum Gasteiger partial charge on any atom is -0.503 e. The Morgan fingerprint density at radius 1 is 1.26 bits per heavy atom. The van der Waals surface area contributed by atoms with Crippen LogP contribution in [0.2, 0.25) is 0 Å². The van der Waals surface area contributed by atoms with Crippen molar-refractivity contribution in [1.29, 1.82) is 0 Å². The van der Waals surface area contributed by atoms with Crippen LogP contribution in [0.25, 0.3) is 10.6 Å². The smallest absolute Gasteiger partial charge is 0.275 e. The number of aromatic hydroxyl groups is 1. The molecule has 34 heavy (non-hydrogen) atoms. The lowest BCUT2D eigenvalue weighted by Gasteiger charge is -2.45. The first kappa shape index (κ1) is 22.7. The van der Waals surface area contributed by atoms with E-state index in [4.69, 9.17) is 4.74 Å². The van der Waals surface area contributed by atoms with E-state index in [2.05, 4.69) is 10.2 Å². The summed E-state index contributed by atoms with van der Waals surface area (Å²) in [4.78, 5) is 28.1. The second-order valence-electron chi connectivity index (χ2n) is 8.90. The maximum absolute atomic E-state index is 14.2. The predicted octanol–water partition coefficient (Wildman–Crippen LogP) is 3.13. The molecule has 2 aliphatic rings. The Labute approximate surface area is 199 Å². The van der Waals surface area contributed by atoms with Crippen molar-refractivity contribution in [2.45, 2.75) is 51.2 Å². The van der Waals surface area contributed by atoms with E-state index in [0.29, 0.717) is 28.7 Å². The van der Waals surface area contributed by atoms with Gasteiger partial charge >= 0.3 is 0 Å². The topological polar surface area (TPSA) is 97.5 Å². The molecule has 1 aliphatic heterocycles. The van der Waals surface area contributed by atoms with E-state index in [9.17, 15) is 19.1 Å². The van der Waals surface area contributed by atoms with E-state index in [-0.39, 0.29) is 41.5 Å². The van der Waals surface area contributed by atoms with Gasteiger partial charge in [-0.1, -0.05) is 23.5 Å². The fraction of sp³-hybridized carbons (Fsp3) is 0.417. The lowest BCUT2D eigenvalue weighted by atomic mass is 9.89. The molecule has 8 nitrogen and oxygen atoms in total. The minimum absolute atomic E-state index is 0.000492. The highest BCUT2D eigenvalue weighted by atomic mass is 32.1. The number of carbonyl (C=O) groups excluding carboxylic acids is 1. The summed E-state index contributed by atoms with van der Waals surface area (Å²) in [6, 6.07) is 4.91. The molecule has 1 aromatic carbocycles. The molecule has 2 aromatic heterocycles. The molecule has 0 bridgehead atoms. The van der Waals surface area contributed by atoms with Gasteiger partial charge in [-0.25, -0.2) is 4.39 Å². The summed E-state index contributed by atoms with van der Waals surface area (Å²) in [6.45, 7) is 2.57. The van der Waals surface area contributed by atoms with Gasteiger partial charge in [0.1, 0.15) is 10.8 Å². The number of methoxy groups -OCH3 is 1. The predicted molar refractivity (Wildman–Crippen MR) is 125 cm³/mol. The van der Waals surface area contributed by atoms with Gasteiger partial charge in [-0.05, 0) is 43.4 Å². The van der Waals surface area contributed by atoms with Gasteiger partial charge in [-0.15, -0.1) is 10.2 Å². The molecule has 178 valence electrons. The Balaban J connectivity index is 1.49. The number of hydrogen-bond donors (Lipinski definition) is 1. The summed E-state index contributed by atoms with van der Waals surface area (Å²) in [5.41, 5.74) is 0.814. The van der Waals surface area contributed by atoms with E-state index in [1.54, 1.807) is 28.8 Å². The number of ether oxygens (including phenoxy) is 1. The lowest BCUT2D eigenvalue weighted by molar-refractivity contribution is 0.0113. The van der Waals surface area contributed by atoms with Crippen LogP contribution in [0.5, 0.6) is 5.75 Å². The maximum Gasteiger partial charge on any atom is 0.275 e. The van der Waals surface area contributed by atoms with Crippen molar-refractivity contribution in [2.24, 2.45) is 0 Å². The molecule has 0 radical (unpaired) electrons. The maximum atomic E-state index is 14.2. The molecule has 0 saturated heterocycles. The number of rotatable bonds is 6. The van der Waals surface area contributed by atoms with Crippen molar-refractivity contribution in [3.05, 3.63) is 62.3 Å². The fourth-order valence-electron chi connectivity index (χ4n) is 4.62. The standard InChI is InChI=1S/C24H25FN4O4S/c1-13-6-7-14(18(25)8-13)9-19-26-27-23(34-19)17-11-28-10-16(12-33-2)29(15-4-3-5-15)24(32)20(28)22(31)21(17)30/h6-8,11,15-16,31H,3-5,9-10,12H2,1-2H3/t16-/m0/s1. The number of benzene rings is 1. The highest BCUT2D eigenvalue weighted by Crippen LogP contribution is 2.34. The first-order valence-corrected chi connectivity index (χ1v) is 12.0. The molecule has 1 fully saturated rings. The van der Waals surface area contributed by atoms with Gasteiger partial charge in [-0.3, -0.25) is 9.59 Å². The van der Waals surface area contributed by atoms with Crippen LogP contribution in [0.4, 0.5) is 4.39 Å². The van der Waals surface area contributed by atoms with Crippen molar-refractivity contribution in [1.82, 2.24) is 19.7 Å². The molecule has 3 aromatic rings. The molecule has 10 heteroatoms. The number of fused-ring (bicyclic) bond motifs is 1. The number of aromatic nitrogens is 3. The molecule has 1 aliphatic carbocycles. The fourth-order valence-corrected chi connectivity index (χ4v) is 5.49. The Hall–Kier alpha value is -3.11. The number of halogens is 1. The third kappa shape index (κ3) is 3.90. The second kappa shape index (κ2) is 8.92. The van der Waals surface area contributed by atoms with Crippen LogP contribution in [0, 0.1) is 12.7 Å². The van der Waals surface area contributed by atoms with Gasteiger partial charge in [0.25, 0.3) is 5.91 Å². The molecule has 1 atom stereocenters. The Bertz CT molecular complexity index is 1320. The highest BCUT2D eigenvalue weighted by Gasteiger charge is 2.41. The molecule has 5 rings (SSSR count). The van der Waals surface area contributed by atoms with Gasteiger partial charge < -0.3 is 19.3 Å². The summed E-state index contributed by atoms with van der Waals surface area (Å²) in [5, 5.41) is 19.9. The lowest BCUT2D eigenvalue weighted by Crippen LogP contribution is -2.57. The summed E-state index contributed by atoms with van der Waals surface area (Å²) in [5.74, 6) is -1.25. The zero-order valence-corrected chi connectivity index (χ0v) is 19.8. The third-order valence-electron chi connectivity index (χ3n) is 6.57. The van der Waals surface area contributed by atoms with Gasteiger partial charge in [0.15, 0.2) is 16.5 Å². The van der Waals surface area contributed by atoms with Crippen molar-refractivity contribution >= 4 is 17.2 Å². The number of hydrogen-bond acceptors (Lipinski definition) is 7. The molecule has 1 saturated carbocycles. The van der Waals surface area contributed by atoms with E-state index in [1.165, 1.54) is 6.07 Å². The Morgan fingerprint density at radius 3 is 2.74 bits per heavy atom. The van der Waals surface area contributed by atoms with Crippen LogP contribution < -0.4 is 5.43 Å². The van der Waals surface area contributed by atoms with E-state index < -0.39 is 11.2 Å². The third-order valence-corrected chi connectivity index (χ3v) is 7.53. The minimum atomic E-state index is -0.664. The average Bonchev–Trinajstić information content (AvgIpc) is 3.22. The zero-order chi connectivity index (χ0) is 24.0. The molecule has 1 N–H and O–H groups in total. The van der Waals surface area contributed by atoms with Gasteiger partial charge in [0.05, 0.1) is 18.2 Å². The molecule has 3 heterocycles. The average molecular weight is 485 g/mol. The Kier molecular flexibility index (Phi) is 5.95. The van der Waals surface area contributed by atoms with Crippen LogP contribution in [0.1, 0.15) is 45.9 Å². The SMILES string of the molecule is COC[C@@H]1Cn2cc(-c3nnc(Cc4ccc(C)cc4F)s3)c(=O)c(O)c2C(=O)N1C1CCC1. The molecular weight excluding hydrogens is 459 g/mol. The van der Waals surface area contributed by atoms with Crippen LogP contribution in [0.3, 0.4) is 0 Å². The van der Waals surface area contributed by atoms with E-state index >= 15 is 0 Å². The monoisotopic (exact) mass is 484 g/mol. The first-order chi connectivity index (χ1) is 16.4. The van der Waals surface area contributed by atoms with Crippen molar-refractivity contribution in [3.8, 4) is 16.3 Å². The van der Waals surface area contributed by atoms with Gasteiger partial charge in [0.2, 0.25) is 5.43 Å². The van der Waals surface area contributed by atoms with Crippen LogP contribution >= 0.6 is 11.3 Å². The normalized spacial score (nSPS) is 18.1. The van der Waals surface area contributed by atoms with Gasteiger partial charge in [0, 0.05) is 32.3 Å². The van der Waals surface area contributed by atoms with E-state index in [0.717, 1.165) is 36.2 Å². The summed E-state index contributed by atoms with van der Waals surface area (Å²) < 4.78 is 21.2.